The summed E-state index contributed by atoms with van der Waals surface area (Å²) in [5.74, 6) is 1.02. The van der Waals surface area contributed by atoms with Gasteiger partial charge < -0.3 is 15.4 Å². The summed E-state index contributed by atoms with van der Waals surface area (Å²) in [5, 5.41) is 13.5. The molecular formula is C20H22F2N6O. The number of ether oxygens (including phenoxy) is 1. The predicted molar refractivity (Wildman–Crippen MR) is 105 cm³/mol. The van der Waals surface area contributed by atoms with Crippen molar-refractivity contribution >= 4 is 17.5 Å². The Hall–Kier alpha value is -3.07. The maximum Gasteiger partial charge on any atom is 0.153 e. The molecule has 0 saturated carbocycles. The molecule has 2 atom stereocenters. The molecule has 1 fully saturated rings. The molecule has 3 N–H and O–H groups in total. The van der Waals surface area contributed by atoms with Crippen molar-refractivity contribution in [2.75, 3.05) is 17.2 Å². The lowest BCUT2D eigenvalue weighted by Crippen LogP contribution is -2.11. The van der Waals surface area contributed by atoms with Crippen LogP contribution in [0.4, 0.5) is 26.2 Å². The van der Waals surface area contributed by atoms with E-state index in [1.165, 1.54) is 12.1 Å². The molecule has 29 heavy (non-hydrogen) atoms. The van der Waals surface area contributed by atoms with Crippen molar-refractivity contribution in [3.05, 3.63) is 59.0 Å². The number of rotatable bonds is 6. The van der Waals surface area contributed by atoms with E-state index in [0.717, 1.165) is 31.2 Å². The minimum atomic E-state index is -0.607. The summed E-state index contributed by atoms with van der Waals surface area (Å²) in [4.78, 5) is 8.72. The summed E-state index contributed by atoms with van der Waals surface area (Å²) < 4.78 is 32.8. The Morgan fingerprint density at radius 1 is 1.14 bits per heavy atom. The summed E-state index contributed by atoms with van der Waals surface area (Å²) in [6.45, 7) is 4.31. The molecule has 0 radical (unpaired) electrons. The molecule has 0 bridgehead atoms. The van der Waals surface area contributed by atoms with E-state index in [2.05, 4.69) is 30.8 Å². The van der Waals surface area contributed by atoms with Gasteiger partial charge in [0.2, 0.25) is 0 Å². The van der Waals surface area contributed by atoms with E-state index in [0.29, 0.717) is 28.8 Å². The Labute approximate surface area is 166 Å². The second kappa shape index (κ2) is 8.12. The normalized spacial score (nSPS) is 17.3. The quantitative estimate of drug-likeness (QED) is 0.562. The van der Waals surface area contributed by atoms with Crippen LogP contribution in [0.1, 0.15) is 49.0 Å². The predicted octanol–water partition coefficient (Wildman–Crippen LogP) is 4.55. The van der Waals surface area contributed by atoms with Crippen LogP contribution in [-0.4, -0.2) is 26.8 Å². The van der Waals surface area contributed by atoms with Crippen molar-refractivity contribution in [3.8, 4) is 0 Å². The van der Waals surface area contributed by atoms with Gasteiger partial charge in [0.05, 0.1) is 17.8 Å². The molecule has 4 rings (SSSR count). The molecule has 1 aromatic carbocycles. The number of aromatic nitrogens is 4. The molecule has 1 aliphatic rings. The Bertz CT molecular complexity index is 1000. The fourth-order valence-electron chi connectivity index (χ4n) is 3.38. The average molecular weight is 400 g/mol. The van der Waals surface area contributed by atoms with Crippen molar-refractivity contribution in [1.82, 2.24) is 20.2 Å². The van der Waals surface area contributed by atoms with Crippen molar-refractivity contribution < 1.29 is 13.5 Å². The standard InChI is InChI=1S/C20H22F2N6O/c1-11(14-6-5-13(21)8-15(14)22)23-18-10-19(25-12(2)24-18)26-20-9-16(27-28-20)17-4-3-7-29-17/h5-6,8-11,17H,3-4,7H2,1-2H3,(H3,23,24,25,26,27,28). The SMILES string of the molecule is Cc1nc(Nc2cc(C3CCCO3)[nH]n2)cc(NC(C)c2ccc(F)cc2F)n1. The molecule has 2 unspecified atom stereocenters. The second-order valence-corrected chi connectivity index (χ2v) is 7.05. The van der Waals surface area contributed by atoms with Crippen molar-refractivity contribution in [3.63, 3.8) is 0 Å². The van der Waals surface area contributed by atoms with Gasteiger partial charge in [0.25, 0.3) is 0 Å². The minimum absolute atomic E-state index is 0.0499. The number of benzene rings is 1. The van der Waals surface area contributed by atoms with Crippen LogP contribution in [0.15, 0.2) is 30.3 Å². The Kier molecular flexibility index (Phi) is 5.39. The molecule has 1 saturated heterocycles. The van der Waals surface area contributed by atoms with E-state index < -0.39 is 17.7 Å². The maximum absolute atomic E-state index is 14.0. The van der Waals surface area contributed by atoms with E-state index in [9.17, 15) is 8.78 Å². The fraction of sp³-hybridized carbons (Fsp3) is 0.350. The molecule has 0 spiro atoms. The summed E-state index contributed by atoms with van der Waals surface area (Å²) in [6.07, 6.45) is 2.06. The first kappa shape index (κ1) is 19.3. The summed E-state index contributed by atoms with van der Waals surface area (Å²) in [7, 11) is 0. The fourth-order valence-corrected chi connectivity index (χ4v) is 3.38. The molecule has 152 valence electrons. The van der Waals surface area contributed by atoms with Crippen LogP contribution in [0, 0.1) is 18.6 Å². The van der Waals surface area contributed by atoms with Crippen LogP contribution in [0.25, 0.3) is 0 Å². The number of nitrogens with zero attached hydrogens (tertiary/aromatic N) is 3. The highest BCUT2D eigenvalue weighted by Crippen LogP contribution is 2.29. The highest BCUT2D eigenvalue weighted by molar-refractivity contribution is 5.57. The lowest BCUT2D eigenvalue weighted by molar-refractivity contribution is 0.108. The first-order valence-electron chi connectivity index (χ1n) is 9.49. The van der Waals surface area contributed by atoms with Gasteiger partial charge in [0, 0.05) is 30.4 Å². The third-order valence-corrected chi connectivity index (χ3v) is 4.76. The number of aryl methyl sites for hydroxylation is 1. The van der Waals surface area contributed by atoms with E-state index in [4.69, 9.17) is 4.74 Å². The van der Waals surface area contributed by atoms with Crippen molar-refractivity contribution in [2.45, 2.75) is 38.8 Å². The number of H-pyrrole nitrogens is 1. The first-order chi connectivity index (χ1) is 14.0. The third kappa shape index (κ3) is 4.51. The van der Waals surface area contributed by atoms with Crippen LogP contribution in [0.2, 0.25) is 0 Å². The van der Waals surface area contributed by atoms with Crippen LogP contribution in [0.3, 0.4) is 0 Å². The van der Waals surface area contributed by atoms with Gasteiger partial charge in [-0.15, -0.1) is 0 Å². The van der Waals surface area contributed by atoms with Gasteiger partial charge in [-0.2, -0.15) is 5.10 Å². The zero-order valence-electron chi connectivity index (χ0n) is 16.2. The van der Waals surface area contributed by atoms with Crippen LogP contribution >= 0.6 is 0 Å². The van der Waals surface area contributed by atoms with Crippen molar-refractivity contribution in [2.24, 2.45) is 0 Å². The molecule has 2 aromatic heterocycles. The number of anilines is 3. The Morgan fingerprint density at radius 2 is 1.97 bits per heavy atom. The Balaban J connectivity index is 1.48. The molecule has 0 amide bonds. The van der Waals surface area contributed by atoms with Crippen LogP contribution < -0.4 is 10.6 Å². The molecule has 3 heterocycles. The molecule has 9 heteroatoms. The lowest BCUT2D eigenvalue weighted by Gasteiger charge is -2.16. The van der Waals surface area contributed by atoms with Crippen LogP contribution in [-0.2, 0) is 4.74 Å². The van der Waals surface area contributed by atoms with E-state index >= 15 is 0 Å². The smallest absolute Gasteiger partial charge is 0.153 e. The second-order valence-electron chi connectivity index (χ2n) is 7.05. The highest BCUT2D eigenvalue weighted by Gasteiger charge is 2.20. The van der Waals surface area contributed by atoms with Gasteiger partial charge in [-0.25, -0.2) is 18.7 Å². The zero-order valence-corrected chi connectivity index (χ0v) is 16.2. The average Bonchev–Trinajstić information content (AvgIpc) is 3.32. The molecule has 3 aromatic rings. The van der Waals surface area contributed by atoms with Gasteiger partial charge in [-0.3, -0.25) is 5.10 Å². The van der Waals surface area contributed by atoms with Gasteiger partial charge in [-0.05, 0) is 32.8 Å². The molecule has 1 aliphatic heterocycles. The zero-order chi connectivity index (χ0) is 20.4. The van der Waals surface area contributed by atoms with E-state index in [-0.39, 0.29) is 6.10 Å². The summed E-state index contributed by atoms with van der Waals surface area (Å²) in [6, 6.07) is 6.73. The third-order valence-electron chi connectivity index (χ3n) is 4.76. The lowest BCUT2D eigenvalue weighted by atomic mass is 10.1. The summed E-state index contributed by atoms with van der Waals surface area (Å²) >= 11 is 0. The monoisotopic (exact) mass is 400 g/mol. The highest BCUT2D eigenvalue weighted by atomic mass is 19.1. The Morgan fingerprint density at radius 3 is 2.72 bits per heavy atom. The van der Waals surface area contributed by atoms with Gasteiger partial charge >= 0.3 is 0 Å². The number of aromatic amines is 1. The number of halogens is 2. The van der Waals surface area contributed by atoms with Gasteiger partial charge in [0.1, 0.15) is 29.1 Å². The first-order valence-corrected chi connectivity index (χ1v) is 9.49. The van der Waals surface area contributed by atoms with E-state index in [1.54, 1.807) is 19.9 Å². The number of nitrogens with one attached hydrogen (secondary N) is 3. The number of hydrogen-bond acceptors (Lipinski definition) is 6. The molecule has 7 nitrogen and oxygen atoms in total. The summed E-state index contributed by atoms with van der Waals surface area (Å²) in [5.41, 5.74) is 1.28. The topological polar surface area (TPSA) is 87.8 Å². The van der Waals surface area contributed by atoms with Crippen LogP contribution in [0.5, 0.6) is 0 Å². The van der Waals surface area contributed by atoms with Gasteiger partial charge in [0.15, 0.2) is 5.82 Å². The minimum Gasteiger partial charge on any atom is -0.372 e. The van der Waals surface area contributed by atoms with Crippen molar-refractivity contribution in [1.29, 1.82) is 0 Å². The van der Waals surface area contributed by atoms with E-state index in [1.807, 2.05) is 6.07 Å². The molecular weight excluding hydrogens is 378 g/mol. The maximum atomic E-state index is 14.0. The molecule has 0 aliphatic carbocycles. The largest absolute Gasteiger partial charge is 0.372 e. The van der Waals surface area contributed by atoms with Gasteiger partial charge in [-0.1, -0.05) is 6.07 Å². The number of hydrogen-bond donors (Lipinski definition) is 3.